The molecule has 0 bridgehead atoms. The average Bonchev–Trinajstić information content (AvgIpc) is 2.21. The van der Waals surface area contributed by atoms with Crippen LogP contribution in [0.25, 0.3) is 0 Å². The van der Waals surface area contributed by atoms with Crippen molar-refractivity contribution in [1.82, 2.24) is 4.72 Å². The molecule has 0 saturated carbocycles. The van der Waals surface area contributed by atoms with E-state index in [1.165, 1.54) is 25.2 Å². The van der Waals surface area contributed by atoms with Gasteiger partial charge in [-0.05, 0) is 47.6 Å². The molecule has 0 amide bonds. The molecule has 0 saturated heterocycles. The van der Waals surface area contributed by atoms with Gasteiger partial charge in [-0.15, -0.1) is 0 Å². The predicted molar refractivity (Wildman–Crippen MR) is 60.5 cm³/mol. The van der Waals surface area contributed by atoms with E-state index in [4.69, 9.17) is 0 Å². The van der Waals surface area contributed by atoms with Crippen LogP contribution < -0.4 is 4.72 Å². The first kappa shape index (κ1) is 12.6. The van der Waals surface area contributed by atoms with Gasteiger partial charge >= 0.3 is 0 Å². The molecule has 1 N–H and O–H groups in total. The summed E-state index contributed by atoms with van der Waals surface area (Å²) in [6, 6.07) is 4.16. The van der Waals surface area contributed by atoms with Gasteiger partial charge in [-0.1, -0.05) is 6.07 Å². The molecule has 1 unspecified atom stereocenters. The van der Waals surface area contributed by atoms with Crippen molar-refractivity contribution in [2.75, 3.05) is 7.05 Å². The molecule has 0 fully saturated rings. The van der Waals surface area contributed by atoms with Gasteiger partial charge in [0, 0.05) is 0 Å². The molecule has 0 aliphatic rings. The van der Waals surface area contributed by atoms with Crippen LogP contribution in [0.1, 0.15) is 17.7 Å². The standard InChI is InChI=1S/C9H11BrFNO2S/c1-6(15(13,14)12-2)7-3-4-9(11)8(10)5-7/h3-6,12H,1-2H3. The normalized spacial score (nSPS) is 13.9. The van der Waals surface area contributed by atoms with Gasteiger partial charge in [0.05, 0.1) is 9.72 Å². The molecular formula is C9H11BrFNO2S. The Balaban J connectivity index is 3.13. The Labute approximate surface area is 96.9 Å². The predicted octanol–water partition coefficient (Wildman–Crippen LogP) is 2.20. The van der Waals surface area contributed by atoms with Crippen LogP contribution in [0.4, 0.5) is 4.39 Å². The summed E-state index contributed by atoms with van der Waals surface area (Å²) in [5.74, 6) is -0.409. The third-order valence-electron chi connectivity index (χ3n) is 2.16. The fourth-order valence-corrected chi connectivity index (χ4v) is 2.38. The van der Waals surface area contributed by atoms with Crippen LogP contribution >= 0.6 is 15.9 Å². The molecule has 1 aromatic rings. The lowest BCUT2D eigenvalue weighted by molar-refractivity contribution is 0.577. The number of rotatable bonds is 3. The summed E-state index contributed by atoms with van der Waals surface area (Å²) in [7, 11) is -2.02. The molecule has 1 aromatic carbocycles. The number of sulfonamides is 1. The first-order valence-electron chi connectivity index (χ1n) is 4.26. The van der Waals surface area contributed by atoms with Crippen LogP contribution in [0.3, 0.4) is 0 Å². The van der Waals surface area contributed by atoms with Crippen molar-refractivity contribution in [2.45, 2.75) is 12.2 Å². The topological polar surface area (TPSA) is 46.2 Å². The summed E-state index contributed by atoms with van der Waals surface area (Å²) in [5, 5.41) is -0.709. The van der Waals surface area contributed by atoms with Gasteiger partial charge in [0.1, 0.15) is 5.82 Å². The van der Waals surface area contributed by atoms with Crippen LogP contribution in [0.15, 0.2) is 22.7 Å². The van der Waals surface area contributed by atoms with Crippen LogP contribution in [-0.2, 0) is 10.0 Å². The van der Waals surface area contributed by atoms with E-state index < -0.39 is 21.1 Å². The Hall–Kier alpha value is -0.460. The Morgan fingerprint density at radius 2 is 2.07 bits per heavy atom. The van der Waals surface area contributed by atoms with Crippen LogP contribution in [0.5, 0.6) is 0 Å². The molecule has 0 aromatic heterocycles. The second kappa shape index (κ2) is 4.59. The summed E-state index contributed by atoms with van der Waals surface area (Å²) < 4.78 is 38.4. The highest BCUT2D eigenvalue weighted by molar-refractivity contribution is 9.10. The molecule has 1 atom stereocenters. The number of hydrogen-bond acceptors (Lipinski definition) is 2. The van der Waals surface area contributed by atoms with Gasteiger partial charge in [0.2, 0.25) is 10.0 Å². The first-order chi connectivity index (χ1) is 6.88. The number of nitrogens with one attached hydrogen (secondary N) is 1. The van der Waals surface area contributed by atoms with E-state index in [0.29, 0.717) is 5.56 Å². The molecule has 1 rings (SSSR count). The Morgan fingerprint density at radius 1 is 1.47 bits per heavy atom. The van der Waals surface area contributed by atoms with Crippen molar-refractivity contribution in [1.29, 1.82) is 0 Å². The van der Waals surface area contributed by atoms with E-state index in [9.17, 15) is 12.8 Å². The number of halogens is 2. The van der Waals surface area contributed by atoms with Crippen LogP contribution in [0, 0.1) is 5.82 Å². The quantitative estimate of drug-likeness (QED) is 0.929. The minimum Gasteiger partial charge on any atom is -0.218 e. The molecule has 0 radical (unpaired) electrons. The monoisotopic (exact) mass is 295 g/mol. The molecule has 6 heteroatoms. The smallest absolute Gasteiger partial charge is 0.218 e. The Kier molecular flexibility index (Phi) is 3.86. The average molecular weight is 296 g/mol. The maximum absolute atomic E-state index is 12.9. The van der Waals surface area contributed by atoms with Crippen molar-refractivity contribution in [2.24, 2.45) is 0 Å². The number of hydrogen-bond donors (Lipinski definition) is 1. The second-order valence-electron chi connectivity index (χ2n) is 3.06. The van der Waals surface area contributed by atoms with Crippen molar-refractivity contribution >= 4 is 26.0 Å². The third kappa shape index (κ3) is 2.76. The van der Waals surface area contributed by atoms with Gasteiger partial charge in [-0.2, -0.15) is 0 Å². The lowest BCUT2D eigenvalue weighted by Gasteiger charge is -2.12. The van der Waals surface area contributed by atoms with E-state index >= 15 is 0 Å². The molecular weight excluding hydrogens is 285 g/mol. The zero-order chi connectivity index (χ0) is 11.6. The highest BCUT2D eigenvalue weighted by Crippen LogP contribution is 2.25. The molecule has 0 aliphatic heterocycles. The molecule has 0 heterocycles. The highest BCUT2D eigenvalue weighted by atomic mass is 79.9. The largest absolute Gasteiger partial charge is 0.218 e. The van der Waals surface area contributed by atoms with E-state index in [-0.39, 0.29) is 4.47 Å². The van der Waals surface area contributed by atoms with E-state index in [2.05, 4.69) is 20.7 Å². The minimum absolute atomic E-state index is 0.262. The lowest BCUT2D eigenvalue weighted by atomic mass is 10.2. The molecule has 3 nitrogen and oxygen atoms in total. The lowest BCUT2D eigenvalue weighted by Crippen LogP contribution is -2.24. The number of benzene rings is 1. The first-order valence-corrected chi connectivity index (χ1v) is 6.59. The summed E-state index contributed by atoms with van der Waals surface area (Å²) in [5.41, 5.74) is 0.539. The van der Waals surface area contributed by atoms with Gasteiger partial charge in [0.25, 0.3) is 0 Å². The minimum atomic E-state index is -3.37. The van der Waals surface area contributed by atoms with E-state index in [1.54, 1.807) is 6.92 Å². The molecule has 0 spiro atoms. The van der Waals surface area contributed by atoms with Crippen molar-refractivity contribution in [3.8, 4) is 0 Å². The fourth-order valence-electron chi connectivity index (χ4n) is 1.12. The SMILES string of the molecule is CNS(=O)(=O)C(C)c1ccc(F)c(Br)c1. The third-order valence-corrected chi connectivity index (χ3v) is 4.54. The second-order valence-corrected chi connectivity index (χ2v) is 6.12. The Morgan fingerprint density at radius 3 is 2.53 bits per heavy atom. The molecule has 84 valence electrons. The highest BCUT2D eigenvalue weighted by Gasteiger charge is 2.21. The van der Waals surface area contributed by atoms with Crippen LogP contribution in [0.2, 0.25) is 0 Å². The van der Waals surface area contributed by atoms with Crippen molar-refractivity contribution < 1.29 is 12.8 Å². The zero-order valence-electron chi connectivity index (χ0n) is 8.29. The summed E-state index contributed by atoms with van der Waals surface area (Å²) in [6.45, 7) is 1.55. The van der Waals surface area contributed by atoms with E-state index in [0.717, 1.165) is 0 Å². The van der Waals surface area contributed by atoms with Gasteiger partial charge in [-0.3, -0.25) is 0 Å². The van der Waals surface area contributed by atoms with Crippen molar-refractivity contribution in [3.63, 3.8) is 0 Å². The maximum atomic E-state index is 12.9. The summed E-state index contributed by atoms with van der Waals surface area (Å²) in [6.07, 6.45) is 0. The summed E-state index contributed by atoms with van der Waals surface area (Å²) >= 11 is 3.01. The zero-order valence-corrected chi connectivity index (χ0v) is 10.7. The van der Waals surface area contributed by atoms with Crippen LogP contribution in [-0.4, -0.2) is 15.5 Å². The van der Waals surface area contributed by atoms with E-state index in [1.807, 2.05) is 0 Å². The summed E-state index contributed by atoms with van der Waals surface area (Å²) in [4.78, 5) is 0. The molecule has 0 aliphatic carbocycles. The van der Waals surface area contributed by atoms with Gasteiger partial charge in [-0.25, -0.2) is 17.5 Å². The maximum Gasteiger partial charge on any atom is 0.218 e. The Bertz CT molecular complexity index is 461. The molecule has 15 heavy (non-hydrogen) atoms. The van der Waals surface area contributed by atoms with Gasteiger partial charge in [0.15, 0.2) is 0 Å². The van der Waals surface area contributed by atoms with Crippen molar-refractivity contribution in [3.05, 3.63) is 34.1 Å². The fraction of sp³-hybridized carbons (Fsp3) is 0.333. The van der Waals surface area contributed by atoms with Gasteiger partial charge < -0.3 is 0 Å².